The second-order valence-electron chi connectivity index (χ2n) is 12.1. The highest BCUT2D eigenvalue weighted by atomic mass is 16.3. The third-order valence-electron chi connectivity index (χ3n) is 9.27. The smallest absolute Gasteiger partial charge is 0.0571 e. The van der Waals surface area contributed by atoms with Crippen molar-refractivity contribution in [3.63, 3.8) is 0 Å². The summed E-state index contributed by atoms with van der Waals surface area (Å²) in [5.74, 6) is 4.07. The van der Waals surface area contributed by atoms with Gasteiger partial charge in [-0.2, -0.15) is 0 Å². The van der Waals surface area contributed by atoms with Crippen LogP contribution in [0.3, 0.4) is 0 Å². The molecule has 0 bridgehead atoms. The number of aliphatic hydroxyl groups is 3. The predicted octanol–water partition coefficient (Wildman–Crippen LogP) is 7.11. The van der Waals surface area contributed by atoms with Gasteiger partial charge in [-0.15, -0.1) is 0 Å². The molecule has 0 amide bonds. The van der Waals surface area contributed by atoms with Gasteiger partial charge >= 0.3 is 0 Å². The van der Waals surface area contributed by atoms with Crippen LogP contribution in [0.25, 0.3) is 0 Å². The molecule has 2 saturated carbocycles. The molecule has 2 aliphatic rings. The van der Waals surface area contributed by atoms with E-state index in [1.54, 1.807) is 0 Å². The Morgan fingerprint density at radius 3 is 2.00 bits per heavy atom. The molecule has 32 heavy (non-hydrogen) atoms. The van der Waals surface area contributed by atoms with Gasteiger partial charge in [0.25, 0.3) is 0 Å². The Hall–Kier alpha value is -0.120. The summed E-state index contributed by atoms with van der Waals surface area (Å²) in [5, 5.41) is 31.1. The van der Waals surface area contributed by atoms with E-state index in [4.69, 9.17) is 0 Å². The summed E-state index contributed by atoms with van der Waals surface area (Å²) in [6.45, 7) is 8.87. The Bertz CT molecular complexity index is 463. The standard InChI is InChI=1S/C29H56O3/c1-5-22(3)27(20-29(32)26-17-9-21(2)10-18-26)7-6-8-28(31)19-25-15-13-24(14-16-25)12-11-23(4)30/h21-32H,5-20H2,1-4H3/t21?,22?,23?,24?,25?,26?,27?,28-,29?/m1/s1. The normalized spacial score (nSPS) is 31.6. The maximum atomic E-state index is 10.9. The fourth-order valence-electron chi connectivity index (χ4n) is 6.49. The minimum absolute atomic E-state index is 0.129. The van der Waals surface area contributed by atoms with Crippen LogP contribution in [0.5, 0.6) is 0 Å². The van der Waals surface area contributed by atoms with E-state index in [0.29, 0.717) is 23.7 Å². The van der Waals surface area contributed by atoms with Crippen LogP contribution in [-0.2, 0) is 0 Å². The first kappa shape index (κ1) is 28.1. The predicted molar refractivity (Wildman–Crippen MR) is 136 cm³/mol. The fraction of sp³-hybridized carbons (Fsp3) is 1.00. The Morgan fingerprint density at radius 1 is 0.781 bits per heavy atom. The SMILES string of the molecule is CCC(C)C(CCC[C@@H](O)CC1CCC(CCC(C)O)CC1)CC(O)C1CCC(C)CC1. The van der Waals surface area contributed by atoms with Gasteiger partial charge in [-0.05, 0) is 87.4 Å². The number of aliphatic hydroxyl groups excluding tert-OH is 3. The average molecular weight is 453 g/mol. The van der Waals surface area contributed by atoms with E-state index in [2.05, 4.69) is 20.8 Å². The van der Waals surface area contributed by atoms with Gasteiger partial charge in [0.2, 0.25) is 0 Å². The van der Waals surface area contributed by atoms with Gasteiger partial charge in [0.15, 0.2) is 0 Å². The third-order valence-corrected chi connectivity index (χ3v) is 9.27. The van der Waals surface area contributed by atoms with Crippen molar-refractivity contribution in [2.75, 3.05) is 0 Å². The molecule has 2 fully saturated rings. The first-order valence-electron chi connectivity index (χ1n) is 14.3. The lowest BCUT2D eigenvalue weighted by Crippen LogP contribution is -2.29. The van der Waals surface area contributed by atoms with Gasteiger partial charge in [-0.1, -0.05) is 78.6 Å². The van der Waals surface area contributed by atoms with Crippen molar-refractivity contribution in [2.45, 2.75) is 149 Å². The number of hydrogen-bond acceptors (Lipinski definition) is 3. The molecule has 0 heterocycles. The Morgan fingerprint density at radius 2 is 1.41 bits per heavy atom. The van der Waals surface area contributed by atoms with Crippen LogP contribution in [0.1, 0.15) is 130 Å². The molecule has 3 heteroatoms. The van der Waals surface area contributed by atoms with Gasteiger partial charge in [0.05, 0.1) is 18.3 Å². The van der Waals surface area contributed by atoms with E-state index in [9.17, 15) is 15.3 Å². The van der Waals surface area contributed by atoms with Crippen molar-refractivity contribution in [3.05, 3.63) is 0 Å². The lowest BCUT2D eigenvalue weighted by molar-refractivity contribution is 0.0431. The van der Waals surface area contributed by atoms with Crippen molar-refractivity contribution in [2.24, 2.45) is 35.5 Å². The van der Waals surface area contributed by atoms with E-state index in [-0.39, 0.29) is 18.3 Å². The second kappa shape index (κ2) is 15.0. The first-order valence-corrected chi connectivity index (χ1v) is 14.3. The van der Waals surface area contributed by atoms with Gasteiger partial charge in [0.1, 0.15) is 0 Å². The molecule has 4 unspecified atom stereocenters. The van der Waals surface area contributed by atoms with Crippen molar-refractivity contribution >= 4 is 0 Å². The summed E-state index contributed by atoms with van der Waals surface area (Å²) in [6.07, 6.45) is 18.0. The van der Waals surface area contributed by atoms with E-state index >= 15 is 0 Å². The summed E-state index contributed by atoms with van der Waals surface area (Å²) < 4.78 is 0. The highest BCUT2D eigenvalue weighted by molar-refractivity contribution is 4.80. The highest BCUT2D eigenvalue weighted by Gasteiger charge is 2.29. The molecule has 0 aromatic heterocycles. The van der Waals surface area contributed by atoms with E-state index in [1.807, 2.05) is 6.92 Å². The summed E-state index contributed by atoms with van der Waals surface area (Å²) in [5.41, 5.74) is 0. The van der Waals surface area contributed by atoms with Crippen molar-refractivity contribution < 1.29 is 15.3 Å². The monoisotopic (exact) mass is 452 g/mol. The fourth-order valence-corrected chi connectivity index (χ4v) is 6.49. The molecule has 0 aromatic rings. The van der Waals surface area contributed by atoms with Crippen LogP contribution in [0.4, 0.5) is 0 Å². The van der Waals surface area contributed by atoms with Crippen LogP contribution in [0.15, 0.2) is 0 Å². The van der Waals surface area contributed by atoms with Crippen LogP contribution in [-0.4, -0.2) is 33.6 Å². The van der Waals surface area contributed by atoms with Crippen molar-refractivity contribution in [1.29, 1.82) is 0 Å². The molecule has 0 aliphatic heterocycles. The summed E-state index contributed by atoms with van der Waals surface area (Å²) in [7, 11) is 0. The first-order chi connectivity index (χ1) is 15.3. The van der Waals surface area contributed by atoms with Crippen LogP contribution in [0.2, 0.25) is 0 Å². The molecule has 2 rings (SSSR count). The van der Waals surface area contributed by atoms with Gasteiger partial charge < -0.3 is 15.3 Å². The molecule has 0 saturated heterocycles. The zero-order valence-electron chi connectivity index (χ0n) is 21.9. The zero-order valence-corrected chi connectivity index (χ0v) is 21.9. The largest absolute Gasteiger partial charge is 0.393 e. The summed E-state index contributed by atoms with van der Waals surface area (Å²) in [4.78, 5) is 0. The van der Waals surface area contributed by atoms with Crippen molar-refractivity contribution in [3.8, 4) is 0 Å². The third kappa shape index (κ3) is 10.4. The number of rotatable bonds is 14. The molecule has 0 radical (unpaired) electrons. The molecule has 0 aromatic carbocycles. The summed E-state index contributed by atoms with van der Waals surface area (Å²) in [6, 6.07) is 0. The van der Waals surface area contributed by atoms with Crippen molar-refractivity contribution in [1.82, 2.24) is 0 Å². The molecule has 3 nitrogen and oxygen atoms in total. The highest BCUT2D eigenvalue weighted by Crippen LogP contribution is 2.37. The lowest BCUT2D eigenvalue weighted by atomic mass is 9.75. The maximum Gasteiger partial charge on any atom is 0.0571 e. The van der Waals surface area contributed by atoms with Gasteiger partial charge in [-0.25, -0.2) is 0 Å². The minimum Gasteiger partial charge on any atom is -0.393 e. The van der Waals surface area contributed by atoms with Crippen LogP contribution >= 0.6 is 0 Å². The lowest BCUT2D eigenvalue weighted by Gasteiger charge is -2.33. The molecule has 3 N–H and O–H groups in total. The van der Waals surface area contributed by atoms with Gasteiger partial charge in [-0.3, -0.25) is 0 Å². The quantitative estimate of drug-likeness (QED) is 0.263. The Kier molecular flexibility index (Phi) is 13.2. The van der Waals surface area contributed by atoms with E-state index in [0.717, 1.165) is 56.8 Å². The molecule has 5 atom stereocenters. The average Bonchev–Trinajstić information content (AvgIpc) is 2.77. The zero-order chi connectivity index (χ0) is 23.5. The molecular formula is C29H56O3. The van der Waals surface area contributed by atoms with Crippen LogP contribution < -0.4 is 0 Å². The topological polar surface area (TPSA) is 60.7 Å². The second-order valence-corrected chi connectivity index (χ2v) is 12.1. The molecule has 2 aliphatic carbocycles. The van der Waals surface area contributed by atoms with E-state index in [1.165, 1.54) is 57.8 Å². The summed E-state index contributed by atoms with van der Waals surface area (Å²) >= 11 is 0. The molecular weight excluding hydrogens is 396 g/mol. The molecule has 0 spiro atoms. The Balaban J connectivity index is 1.66. The maximum absolute atomic E-state index is 10.9. The van der Waals surface area contributed by atoms with Crippen LogP contribution in [0, 0.1) is 35.5 Å². The van der Waals surface area contributed by atoms with Gasteiger partial charge in [0, 0.05) is 0 Å². The number of hydrogen-bond donors (Lipinski definition) is 3. The molecule has 190 valence electrons. The minimum atomic E-state index is -0.165. The van der Waals surface area contributed by atoms with E-state index < -0.39 is 0 Å². The Labute approximate surface area is 199 Å².